The standard InChI is InChI=1S/C15H16BN3O3/c1-10-11(2)22-16(21-10)13-6-5-12(9-14(13)20-4)19-8-7-15(17-3)18-19/h5-9H,1-2H2,3-4H3,(H,17,18). The van der Waals surface area contributed by atoms with Gasteiger partial charge >= 0.3 is 7.12 Å². The molecule has 0 saturated carbocycles. The average Bonchev–Trinajstić information content (AvgIpc) is 3.14. The molecule has 1 saturated heterocycles. The van der Waals surface area contributed by atoms with Crippen molar-refractivity contribution in [3.63, 3.8) is 0 Å². The second kappa shape index (κ2) is 5.52. The van der Waals surface area contributed by atoms with Crippen molar-refractivity contribution in [2.45, 2.75) is 0 Å². The first-order valence-electron chi connectivity index (χ1n) is 6.75. The van der Waals surface area contributed by atoms with Crippen molar-refractivity contribution < 1.29 is 14.0 Å². The average molecular weight is 297 g/mol. The number of nitrogens with zero attached hydrogens (tertiary/aromatic N) is 2. The Morgan fingerprint density at radius 1 is 1.23 bits per heavy atom. The van der Waals surface area contributed by atoms with Crippen molar-refractivity contribution in [2.24, 2.45) is 0 Å². The van der Waals surface area contributed by atoms with Crippen LogP contribution in [0.1, 0.15) is 0 Å². The first-order chi connectivity index (χ1) is 10.6. The summed E-state index contributed by atoms with van der Waals surface area (Å²) in [5.74, 6) is 2.30. The van der Waals surface area contributed by atoms with Gasteiger partial charge in [-0.3, -0.25) is 0 Å². The molecule has 0 atom stereocenters. The van der Waals surface area contributed by atoms with E-state index in [-0.39, 0.29) is 0 Å². The van der Waals surface area contributed by atoms with Crippen LogP contribution in [0.2, 0.25) is 0 Å². The maximum atomic E-state index is 5.54. The summed E-state index contributed by atoms with van der Waals surface area (Å²) in [6.07, 6.45) is 1.87. The number of methoxy groups -OCH3 is 1. The van der Waals surface area contributed by atoms with Gasteiger partial charge in [-0.05, 0) is 6.07 Å². The zero-order chi connectivity index (χ0) is 15.7. The number of benzene rings is 1. The molecule has 1 aliphatic rings. The van der Waals surface area contributed by atoms with Crippen LogP contribution in [0.5, 0.6) is 5.75 Å². The van der Waals surface area contributed by atoms with Gasteiger partial charge in [-0.1, -0.05) is 19.2 Å². The zero-order valence-corrected chi connectivity index (χ0v) is 12.5. The van der Waals surface area contributed by atoms with Gasteiger partial charge < -0.3 is 19.4 Å². The van der Waals surface area contributed by atoms with Crippen molar-refractivity contribution in [1.29, 1.82) is 0 Å². The zero-order valence-electron chi connectivity index (χ0n) is 12.5. The predicted octanol–water partition coefficient (Wildman–Crippen LogP) is 1.69. The van der Waals surface area contributed by atoms with Gasteiger partial charge in [-0.25, -0.2) is 4.68 Å². The molecule has 0 aliphatic carbocycles. The van der Waals surface area contributed by atoms with Gasteiger partial charge in [0.05, 0.1) is 18.3 Å². The molecule has 0 bridgehead atoms. The molecule has 1 aromatic heterocycles. The Bertz CT molecular complexity index is 725. The van der Waals surface area contributed by atoms with E-state index in [0.29, 0.717) is 17.3 Å². The Hall–Kier alpha value is -2.83. The Kier molecular flexibility index (Phi) is 3.54. The van der Waals surface area contributed by atoms with Gasteiger partial charge in [-0.2, -0.15) is 5.10 Å². The molecule has 3 rings (SSSR count). The molecule has 1 N–H and O–H groups in total. The molecule has 1 fully saturated rings. The molecule has 0 spiro atoms. The molecular weight excluding hydrogens is 281 g/mol. The van der Waals surface area contributed by atoms with Crippen LogP contribution in [0, 0.1) is 0 Å². The lowest BCUT2D eigenvalue weighted by Crippen LogP contribution is -2.32. The van der Waals surface area contributed by atoms with Crippen molar-refractivity contribution in [2.75, 3.05) is 19.5 Å². The molecule has 6 nitrogen and oxygen atoms in total. The minimum atomic E-state index is -0.588. The van der Waals surface area contributed by atoms with Crippen LogP contribution < -0.4 is 15.5 Å². The summed E-state index contributed by atoms with van der Waals surface area (Å²) in [7, 11) is 2.84. The molecule has 2 aromatic rings. The summed E-state index contributed by atoms with van der Waals surface area (Å²) >= 11 is 0. The molecule has 1 aliphatic heterocycles. The third-order valence-electron chi connectivity index (χ3n) is 3.39. The first kappa shape index (κ1) is 14.1. The SMILES string of the molecule is C=C1OB(c2ccc(-n3ccc(NC)n3)cc2OC)OC1=C. The van der Waals surface area contributed by atoms with Gasteiger partial charge in [0.2, 0.25) is 0 Å². The van der Waals surface area contributed by atoms with Gasteiger partial charge in [0.15, 0.2) is 0 Å². The Morgan fingerprint density at radius 3 is 2.55 bits per heavy atom. The van der Waals surface area contributed by atoms with Crippen LogP contribution in [0.3, 0.4) is 0 Å². The molecule has 22 heavy (non-hydrogen) atoms. The molecule has 112 valence electrons. The van der Waals surface area contributed by atoms with E-state index in [0.717, 1.165) is 17.0 Å². The van der Waals surface area contributed by atoms with E-state index in [2.05, 4.69) is 23.6 Å². The third kappa shape index (κ3) is 2.41. The van der Waals surface area contributed by atoms with Crippen LogP contribution in [-0.2, 0) is 9.31 Å². The largest absolute Gasteiger partial charge is 0.636 e. The molecule has 2 heterocycles. The number of ether oxygens (including phenoxy) is 1. The van der Waals surface area contributed by atoms with Crippen molar-refractivity contribution in [3.05, 3.63) is 55.1 Å². The number of anilines is 1. The maximum absolute atomic E-state index is 5.54. The lowest BCUT2D eigenvalue weighted by atomic mass is 9.78. The summed E-state index contributed by atoms with van der Waals surface area (Å²) in [5, 5.41) is 7.37. The summed E-state index contributed by atoms with van der Waals surface area (Å²) < 4.78 is 18.3. The minimum absolute atomic E-state index is 0.432. The van der Waals surface area contributed by atoms with Gasteiger partial charge in [0, 0.05) is 25.4 Å². The highest BCUT2D eigenvalue weighted by atomic mass is 16.6. The summed E-state index contributed by atoms with van der Waals surface area (Å²) in [5.41, 5.74) is 1.64. The van der Waals surface area contributed by atoms with Crippen LogP contribution in [-0.4, -0.2) is 31.1 Å². The molecule has 0 radical (unpaired) electrons. The minimum Gasteiger partial charge on any atom is -0.520 e. The quantitative estimate of drug-likeness (QED) is 0.870. The normalized spacial score (nSPS) is 13.8. The topological polar surface area (TPSA) is 57.5 Å². The summed E-state index contributed by atoms with van der Waals surface area (Å²) in [4.78, 5) is 0. The second-order valence-electron chi connectivity index (χ2n) is 4.74. The highest BCUT2D eigenvalue weighted by Gasteiger charge is 2.37. The van der Waals surface area contributed by atoms with Gasteiger partial charge in [-0.15, -0.1) is 0 Å². The second-order valence-corrected chi connectivity index (χ2v) is 4.74. The van der Waals surface area contributed by atoms with Gasteiger partial charge in [0.1, 0.15) is 23.1 Å². The highest BCUT2D eigenvalue weighted by molar-refractivity contribution is 6.63. The molecule has 0 unspecified atom stereocenters. The fourth-order valence-electron chi connectivity index (χ4n) is 2.18. The number of aromatic nitrogens is 2. The number of rotatable bonds is 4. The van der Waals surface area contributed by atoms with E-state index in [1.165, 1.54) is 0 Å². The number of hydrogen-bond acceptors (Lipinski definition) is 5. The van der Waals surface area contributed by atoms with Crippen LogP contribution in [0.25, 0.3) is 5.69 Å². The Labute approximate surface area is 129 Å². The van der Waals surface area contributed by atoms with Crippen LogP contribution in [0.15, 0.2) is 55.1 Å². The van der Waals surface area contributed by atoms with Crippen molar-refractivity contribution in [1.82, 2.24) is 9.78 Å². The fourth-order valence-corrected chi connectivity index (χ4v) is 2.18. The maximum Gasteiger partial charge on any atom is 0.636 e. The number of nitrogens with one attached hydrogen (secondary N) is 1. The molecule has 7 heteroatoms. The van der Waals surface area contributed by atoms with E-state index >= 15 is 0 Å². The van der Waals surface area contributed by atoms with Crippen molar-refractivity contribution in [3.8, 4) is 11.4 Å². The Morgan fingerprint density at radius 2 is 1.95 bits per heavy atom. The summed E-state index contributed by atoms with van der Waals surface area (Å²) in [6.45, 7) is 7.47. The third-order valence-corrected chi connectivity index (χ3v) is 3.39. The summed E-state index contributed by atoms with van der Waals surface area (Å²) in [6, 6.07) is 7.56. The molecule has 0 amide bonds. The molecular formula is C15H16BN3O3. The fraction of sp³-hybridized carbons (Fsp3) is 0.133. The highest BCUT2D eigenvalue weighted by Crippen LogP contribution is 2.24. The lowest BCUT2D eigenvalue weighted by molar-refractivity contribution is 0.405. The van der Waals surface area contributed by atoms with E-state index in [1.54, 1.807) is 11.8 Å². The van der Waals surface area contributed by atoms with E-state index in [4.69, 9.17) is 14.0 Å². The van der Waals surface area contributed by atoms with Crippen LogP contribution in [0.4, 0.5) is 5.82 Å². The van der Waals surface area contributed by atoms with Crippen LogP contribution >= 0.6 is 0 Å². The van der Waals surface area contributed by atoms with Crippen molar-refractivity contribution >= 4 is 18.4 Å². The monoisotopic (exact) mass is 297 g/mol. The van der Waals surface area contributed by atoms with E-state index in [9.17, 15) is 0 Å². The van der Waals surface area contributed by atoms with E-state index in [1.807, 2.05) is 37.5 Å². The smallest absolute Gasteiger partial charge is 0.520 e. The van der Waals surface area contributed by atoms with E-state index < -0.39 is 7.12 Å². The van der Waals surface area contributed by atoms with Gasteiger partial charge in [0.25, 0.3) is 0 Å². The first-order valence-corrected chi connectivity index (χ1v) is 6.75. The molecule has 1 aromatic carbocycles. The predicted molar refractivity (Wildman–Crippen MR) is 85.5 cm³/mol. The Balaban J connectivity index is 1.94. The number of hydrogen-bond donors (Lipinski definition) is 1. The lowest BCUT2D eigenvalue weighted by Gasteiger charge is -2.11.